The number of nitrogens with one attached hydrogen (secondary N) is 1. The van der Waals surface area contributed by atoms with Crippen molar-refractivity contribution in [3.05, 3.63) is 59.7 Å². The second-order valence-corrected chi connectivity index (χ2v) is 11.3. The summed E-state index contributed by atoms with van der Waals surface area (Å²) in [7, 11) is -3.62. The van der Waals surface area contributed by atoms with Crippen LogP contribution < -0.4 is 10.1 Å². The Hall–Kier alpha value is -2.38. The van der Waals surface area contributed by atoms with E-state index in [1.165, 1.54) is 10.4 Å². The molecule has 2 heterocycles. The van der Waals surface area contributed by atoms with Crippen LogP contribution in [0.1, 0.15) is 74.8 Å². The van der Waals surface area contributed by atoms with Crippen molar-refractivity contribution in [1.29, 1.82) is 0 Å². The zero-order valence-corrected chi connectivity index (χ0v) is 20.5. The smallest absolute Gasteiger partial charge is 0.251 e. The maximum Gasteiger partial charge on any atom is 0.251 e. The van der Waals surface area contributed by atoms with Crippen LogP contribution in [-0.2, 0) is 10.0 Å². The van der Waals surface area contributed by atoms with Gasteiger partial charge in [0.25, 0.3) is 5.91 Å². The van der Waals surface area contributed by atoms with Gasteiger partial charge in [-0.1, -0.05) is 45.0 Å². The topological polar surface area (TPSA) is 75.7 Å². The van der Waals surface area contributed by atoms with Gasteiger partial charge in [0.2, 0.25) is 10.0 Å². The van der Waals surface area contributed by atoms with Crippen molar-refractivity contribution >= 4 is 15.9 Å². The number of benzene rings is 2. The molecule has 1 fully saturated rings. The van der Waals surface area contributed by atoms with E-state index in [-0.39, 0.29) is 22.4 Å². The van der Waals surface area contributed by atoms with Crippen molar-refractivity contribution in [2.24, 2.45) is 5.92 Å². The summed E-state index contributed by atoms with van der Waals surface area (Å²) in [6, 6.07) is 14.0. The summed E-state index contributed by atoms with van der Waals surface area (Å²) in [5.41, 5.74) is 0.974. The number of rotatable bonds is 6. The SMILES string of the molecule is CCC1(CC)C[C@@H](NC(=O)c2cccc(S(=O)(=O)N3CCC(C)CC3)c2)c2ccccc2O1. The number of carbonyl (C=O) groups is 1. The molecule has 0 aliphatic carbocycles. The number of ether oxygens (including phenoxy) is 1. The first-order chi connectivity index (χ1) is 15.8. The summed E-state index contributed by atoms with van der Waals surface area (Å²) in [6.45, 7) is 7.40. The number of carbonyl (C=O) groups excluding carboxylic acids is 1. The molecule has 1 N–H and O–H groups in total. The predicted molar refractivity (Wildman–Crippen MR) is 129 cm³/mol. The monoisotopic (exact) mass is 470 g/mol. The molecule has 0 unspecified atom stereocenters. The van der Waals surface area contributed by atoms with E-state index in [1.54, 1.807) is 18.2 Å². The number of para-hydroxylation sites is 1. The van der Waals surface area contributed by atoms with E-state index in [0.29, 0.717) is 31.0 Å². The zero-order chi connectivity index (χ0) is 23.6. The number of hydrogen-bond donors (Lipinski definition) is 1. The van der Waals surface area contributed by atoms with Crippen LogP contribution in [0.25, 0.3) is 0 Å². The summed E-state index contributed by atoms with van der Waals surface area (Å²) in [4.78, 5) is 13.4. The Kier molecular flexibility index (Phi) is 6.82. The van der Waals surface area contributed by atoms with E-state index >= 15 is 0 Å². The first-order valence-electron chi connectivity index (χ1n) is 12.0. The lowest BCUT2D eigenvalue weighted by atomic mass is 9.83. The first-order valence-corrected chi connectivity index (χ1v) is 13.4. The lowest BCUT2D eigenvalue weighted by Crippen LogP contribution is -2.44. The van der Waals surface area contributed by atoms with Gasteiger partial charge >= 0.3 is 0 Å². The molecule has 0 radical (unpaired) electrons. The van der Waals surface area contributed by atoms with Crippen LogP contribution in [-0.4, -0.2) is 37.3 Å². The molecule has 2 aromatic carbocycles. The highest BCUT2D eigenvalue weighted by molar-refractivity contribution is 7.89. The summed E-state index contributed by atoms with van der Waals surface area (Å²) >= 11 is 0. The molecule has 178 valence electrons. The highest BCUT2D eigenvalue weighted by Crippen LogP contribution is 2.42. The zero-order valence-electron chi connectivity index (χ0n) is 19.7. The fraction of sp³-hybridized carbons (Fsp3) is 0.500. The Balaban J connectivity index is 1.57. The molecule has 2 aliphatic heterocycles. The van der Waals surface area contributed by atoms with Crippen LogP contribution in [0.5, 0.6) is 5.75 Å². The van der Waals surface area contributed by atoms with E-state index in [2.05, 4.69) is 26.1 Å². The average Bonchev–Trinajstić information content (AvgIpc) is 2.84. The second kappa shape index (κ2) is 9.47. The van der Waals surface area contributed by atoms with E-state index in [0.717, 1.165) is 37.0 Å². The van der Waals surface area contributed by atoms with E-state index in [9.17, 15) is 13.2 Å². The number of nitrogens with zero attached hydrogens (tertiary/aromatic N) is 1. The van der Waals surface area contributed by atoms with E-state index in [1.807, 2.05) is 24.3 Å². The largest absolute Gasteiger partial charge is 0.487 e. The molecule has 4 rings (SSSR count). The average molecular weight is 471 g/mol. The highest BCUT2D eigenvalue weighted by atomic mass is 32.2. The molecular formula is C26H34N2O4S. The minimum Gasteiger partial charge on any atom is -0.487 e. The number of amides is 1. The van der Waals surface area contributed by atoms with Gasteiger partial charge in [0.1, 0.15) is 11.4 Å². The quantitative estimate of drug-likeness (QED) is 0.650. The van der Waals surface area contributed by atoms with Gasteiger partial charge in [0, 0.05) is 30.6 Å². The van der Waals surface area contributed by atoms with Crippen LogP contribution in [0.3, 0.4) is 0 Å². The maximum atomic E-state index is 13.2. The fourth-order valence-corrected chi connectivity index (χ4v) is 6.36. The third kappa shape index (κ3) is 4.80. The maximum absolute atomic E-state index is 13.2. The first kappa shape index (κ1) is 23.8. The van der Waals surface area contributed by atoms with Crippen molar-refractivity contribution in [2.45, 2.75) is 69.4 Å². The minimum absolute atomic E-state index is 0.175. The molecule has 7 heteroatoms. The molecule has 6 nitrogen and oxygen atoms in total. The van der Waals surface area contributed by atoms with Gasteiger partial charge in [-0.15, -0.1) is 0 Å². The predicted octanol–water partition coefficient (Wildman–Crippen LogP) is 4.92. The lowest BCUT2D eigenvalue weighted by Gasteiger charge is -2.41. The second-order valence-electron chi connectivity index (χ2n) is 9.37. The van der Waals surface area contributed by atoms with Crippen LogP contribution in [0, 0.1) is 5.92 Å². The molecule has 0 bridgehead atoms. The van der Waals surface area contributed by atoms with Crippen LogP contribution in [0.2, 0.25) is 0 Å². The Morgan fingerprint density at radius 2 is 1.79 bits per heavy atom. The molecule has 0 aromatic heterocycles. The Bertz CT molecular complexity index is 1100. The standard InChI is InChI=1S/C26H34N2O4S/c1-4-26(5-2)18-23(22-11-6-7-12-24(22)32-26)27-25(29)20-9-8-10-21(17-20)33(30,31)28-15-13-19(3)14-16-28/h6-12,17,19,23H,4-5,13-16,18H2,1-3H3,(H,27,29)/t23-/m1/s1. The minimum atomic E-state index is -3.62. The third-order valence-corrected chi connectivity index (χ3v) is 9.16. The van der Waals surface area contributed by atoms with Crippen LogP contribution in [0.4, 0.5) is 0 Å². The summed E-state index contributed by atoms with van der Waals surface area (Å²) < 4.78 is 34.2. The number of hydrogen-bond acceptors (Lipinski definition) is 4. The van der Waals surface area contributed by atoms with Crippen LogP contribution in [0.15, 0.2) is 53.4 Å². The molecule has 0 saturated carbocycles. The highest BCUT2D eigenvalue weighted by Gasteiger charge is 2.39. The van der Waals surface area contributed by atoms with Crippen molar-refractivity contribution in [3.63, 3.8) is 0 Å². The van der Waals surface area contributed by atoms with Gasteiger partial charge in [0.05, 0.1) is 10.9 Å². The Morgan fingerprint density at radius 3 is 2.48 bits per heavy atom. The summed E-state index contributed by atoms with van der Waals surface area (Å²) in [5.74, 6) is 1.06. The normalized spacial score (nSPS) is 21.1. The Morgan fingerprint density at radius 1 is 1.09 bits per heavy atom. The van der Waals surface area contributed by atoms with E-state index < -0.39 is 10.0 Å². The molecule has 1 atom stereocenters. The number of piperidine rings is 1. The Labute approximate surface area is 197 Å². The number of sulfonamides is 1. The van der Waals surface area contributed by atoms with Crippen molar-refractivity contribution < 1.29 is 17.9 Å². The summed E-state index contributed by atoms with van der Waals surface area (Å²) in [5, 5.41) is 3.15. The van der Waals surface area contributed by atoms with Crippen molar-refractivity contribution in [2.75, 3.05) is 13.1 Å². The molecule has 1 saturated heterocycles. The van der Waals surface area contributed by atoms with Gasteiger partial charge in [0.15, 0.2) is 0 Å². The molecule has 33 heavy (non-hydrogen) atoms. The lowest BCUT2D eigenvalue weighted by molar-refractivity contribution is 0.0227. The van der Waals surface area contributed by atoms with E-state index in [4.69, 9.17) is 4.74 Å². The van der Waals surface area contributed by atoms with Gasteiger partial charge in [-0.3, -0.25) is 4.79 Å². The van der Waals surface area contributed by atoms with Gasteiger partial charge in [-0.25, -0.2) is 8.42 Å². The molecular weight excluding hydrogens is 436 g/mol. The molecule has 1 amide bonds. The van der Waals surface area contributed by atoms with Crippen LogP contribution >= 0.6 is 0 Å². The van der Waals surface area contributed by atoms with Crippen molar-refractivity contribution in [3.8, 4) is 5.75 Å². The van der Waals surface area contributed by atoms with Crippen molar-refractivity contribution in [1.82, 2.24) is 9.62 Å². The molecule has 0 spiro atoms. The molecule has 2 aliphatic rings. The number of fused-ring (bicyclic) bond motifs is 1. The van der Waals surface area contributed by atoms with Gasteiger partial charge < -0.3 is 10.1 Å². The van der Waals surface area contributed by atoms with Gasteiger partial charge in [-0.05, 0) is 55.9 Å². The summed E-state index contributed by atoms with van der Waals surface area (Å²) in [6.07, 6.45) is 4.07. The molecule has 2 aromatic rings. The fourth-order valence-electron chi connectivity index (χ4n) is 4.84. The van der Waals surface area contributed by atoms with Gasteiger partial charge in [-0.2, -0.15) is 4.31 Å². The third-order valence-electron chi connectivity index (χ3n) is 7.27.